The monoisotopic (exact) mass is 283 g/mol. The number of hydrogen-bond donors (Lipinski definition) is 3. The molecule has 0 saturated carbocycles. The van der Waals surface area contributed by atoms with Crippen LogP contribution in [0.5, 0.6) is 0 Å². The van der Waals surface area contributed by atoms with Gasteiger partial charge in [0.1, 0.15) is 17.4 Å². The summed E-state index contributed by atoms with van der Waals surface area (Å²) >= 11 is 0. The van der Waals surface area contributed by atoms with Crippen LogP contribution in [-0.2, 0) is 0 Å². The van der Waals surface area contributed by atoms with Gasteiger partial charge in [0, 0.05) is 7.05 Å². The molecule has 3 N–H and O–H groups in total. The summed E-state index contributed by atoms with van der Waals surface area (Å²) in [6, 6.07) is 5.85. The summed E-state index contributed by atoms with van der Waals surface area (Å²) in [6.07, 6.45) is 1.50. The largest absolute Gasteiger partial charge is 0.357 e. The van der Waals surface area contributed by atoms with Crippen LogP contribution < -0.4 is 10.6 Å². The number of nitrogens with one attached hydrogen (secondary N) is 3. The Kier molecular flexibility index (Phi) is 3.08. The molecule has 0 aliphatic heterocycles. The molecule has 0 spiro atoms. The smallest absolute Gasteiger partial charge is 0.226 e. The molecule has 0 bridgehead atoms. The number of aromatic amines is 1. The Balaban J connectivity index is 2.10. The molecule has 21 heavy (non-hydrogen) atoms. The molecule has 1 aromatic carbocycles. The Labute approximate surface area is 118 Å². The van der Waals surface area contributed by atoms with Crippen LogP contribution in [0, 0.1) is 17.1 Å². The molecule has 104 valence electrons. The zero-order valence-electron chi connectivity index (χ0n) is 11.0. The first kappa shape index (κ1) is 12.8. The molecule has 0 saturated heterocycles. The average Bonchev–Trinajstić information content (AvgIpc) is 2.97. The van der Waals surface area contributed by atoms with Crippen LogP contribution in [0.2, 0.25) is 0 Å². The summed E-state index contributed by atoms with van der Waals surface area (Å²) in [4.78, 5) is 15.5. The van der Waals surface area contributed by atoms with E-state index in [0.29, 0.717) is 28.6 Å². The summed E-state index contributed by atoms with van der Waals surface area (Å²) in [7, 11) is 1.69. The van der Waals surface area contributed by atoms with Crippen LogP contribution in [0.15, 0.2) is 24.5 Å². The van der Waals surface area contributed by atoms with Crippen molar-refractivity contribution in [1.82, 2.24) is 19.9 Å². The molecule has 0 fully saturated rings. The van der Waals surface area contributed by atoms with Gasteiger partial charge in [0.25, 0.3) is 0 Å². The van der Waals surface area contributed by atoms with Gasteiger partial charge < -0.3 is 15.6 Å². The van der Waals surface area contributed by atoms with Crippen molar-refractivity contribution in [1.29, 1.82) is 5.26 Å². The van der Waals surface area contributed by atoms with Gasteiger partial charge >= 0.3 is 0 Å². The average molecular weight is 283 g/mol. The first-order chi connectivity index (χ1) is 10.2. The Morgan fingerprint density at radius 2 is 2.19 bits per heavy atom. The lowest BCUT2D eigenvalue weighted by Gasteiger charge is -2.09. The van der Waals surface area contributed by atoms with Crippen LogP contribution >= 0.6 is 0 Å². The zero-order valence-corrected chi connectivity index (χ0v) is 11.0. The molecule has 2 aromatic heterocycles. The number of nitriles is 1. The minimum atomic E-state index is -0.470. The minimum absolute atomic E-state index is 0.187. The number of aromatic nitrogens is 4. The van der Waals surface area contributed by atoms with E-state index in [9.17, 15) is 4.39 Å². The van der Waals surface area contributed by atoms with Crippen molar-refractivity contribution in [3.05, 3.63) is 35.9 Å². The Morgan fingerprint density at radius 1 is 1.33 bits per heavy atom. The molecule has 8 heteroatoms. The molecular weight excluding hydrogens is 273 g/mol. The number of H-pyrrole nitrogens is 1. The van der Waals surface area contributed by atoms with Crippen molar-refractivity contribution in [2.75, 3.05) is 17.7 Å². The molecule has 0 radical (unpaired) electrons. The fourth-order valence-electron chi connectivity index (χ4n) is 1.88. The number of benzene rings is 1. The molecule has 3 rings (SSSR count). The first-order valence-corrected chi connectivity index (χ1v) is 6.07. The van der Waals surface area contributed by atoms with Gasteiger partial charge in [-0.15, -0.1) is 0 Å². The lowest BCUT2D eigenvalue weighted by molar-refractivity contribution is 0.627. The third-order valence-electron chi connectivity index (χ3n) is 2.86. The van der Waals surface area contributed by atoms with E-state index in [1.807, 2.05) is 6.07 Å². The maximum atomic E-state index is 13.2. The number of halogens is 1. The summed E-state index contributed by atoms with van der Waals surface area (Å²) < 4.78 is 13.2. The molecule has 2 heterocycles. The van der Waals surface area contributed by atoms with E-state index in [2.05, 4.69) is 30.6 Å². The lowest BCUT2D eigenvalue weighted by atomic mass is 10.2. The summed E-state index contributed by atoms with van der Waals surface area (Å²) in [5.74, 6) is 0.366. The molecule has 0 amide bonds. The highest BCUT2D eigenvalue weighted by Crippen LogP contribution is 2.25. The van der Waals surface area contributed by atoms with Gasteiger partial charge in [0.15, 0.2) is 11.5 Å². The highest BCUT2D eigenvalue weighted by atomic mass is 19.1. The van der Waals surface area contributed by atoms with Gasteiger partial charge in [-0.1, -0.05) is 0 Å². The summed E-state index contributed by atoms with van der Waals surface area (Å²) in [5.41, 5.74) is 1.72. The number of fused-ring (bicyclic) bond motifs is 1. The van der Waals surface area contributed by atoms with Crippen LogP contribution in [0.1, 0.15) is 5.56 Å². The molecule has 7 nitrogen and oxygen atoms in total. The number of rotatable bonds is 3. The Hall–Kier alpha value is -3.21. The van der Waals surface area contributed by atoms with E-state index in [4.69, 9.17) is 5.26 Å². The number of imidazole rings is 1. The lowest BCUT2D eigenvalue weighted by Crippen LogP contribution is -2.03. The Bertz CT molecular complexity index is 849. The fraction of sp³-hybridized carbons (Fsp3) is 0.0769. The van der Waals surface area contributed by atoms with Gasteiger partial charge in [-0.2, -0.15) is 15.2 Å². The van der Waals surface area contributed by atoms with E-state index in [1.165, 1.54) is 18.5 Å². The van der Waals surface area contributed by atoms with Gasteiger partial charge in [-0.05, 0) is 18.2 Å². The predicted molar refractivity (Wildman–Crippen MR) is 75.6 cm³/mol. The first-order valence-electron chi connectivity index (χ1n) is 6.07. The number of nitrogens with zero attached hydrogens (tertiary/aromatic N) is 4. The van der Waals surface area contributed by atoms with E-state index in [-0.39, 0.29) is 5.56 Å². The normalized spacial score (nSPS) is 10.3. The van der Waals surface area contributed by atoms with Crippen molar-refractivity contribution >= 4 is 28.6 Å². The second-order valence-corrected chi connectivity index (χ2v) is 4.17. The molecule has 0 aliphatic rings. The van der Waals surface area contributed by atoms with Crippen molar-refractivity contribution < 1.29 is 4.39 Å². The quantitative estimate of drug-likeness (QED) is 0.680. The number of hydrogen-bond acceptors (Lipinski definition) is 6. The van der Waals surface area contributed by atoms with E-state index in [0.717, 1.165) is 6.07 Å². The highest BCUT2D eigenvalue weighted by molar-refractivity contribution is 5.86. The maximum Gasteiger partial charge on any atom is 0.226 e. The zero-order chi connectivity index (χ0) is 14.8. The van der Waals surface area contributed by atoms with Crippen LogP contribution in [0.25, 0.3) is 11.2 Å². The second-order valence-electron chi connectivity index (χ2n) is 4.17. The third kappa shape index (κ3) is 2.32. The molecule has 0 atom stereocenters. The van der Waals surface area contributed by atoms with Crippen molar-refractivity contribution in [2.45, 2.75) is 0 Å². The summed E-state index contributed by atoms with van der Waals surface area (Å²) in [6.45, 7) is 0. The molecule has 3 aromatic rings. The van der Waals surface area contributed by atoms with Crippen molar-refractivity contribution in [2.24, 2.45) is 0 Å². The van der Waals surface area contributed by atoms with Gasteiger partial charge in [-0.3, -0.25) is 0 Å². The van der Waals surface area contributed by atoms with Crippen LogP contribution in [0.4, 0.5) is 21.8 Å². The fourth-order valence-corrected chi connectivity index (χ4v) is 1.88. The topological polar surface area (TPSA) is 102 Å². The maximum absolute atomic E-state index is 13.2. The molecule has 0 aliphatic carbocycles. The second kappa shape index (κ2) is 5.05. The number of anilines is 3. The van der Waals surface area contributed by atoms with E-state index < -0.39 is 5.82 Å². The van der Waals surface area contributed by atoms with E-state index in [1.54, 1.807) is 7.05 Å². The third-order valence-corrected chi connectivity index (χ3v) is 2.86. The van der Waals surface area contributed by atoms with Crippen molar-refractivity contribution in [3.63, 3.8) is 0 Å². The standard InChI is InChI=1S/C13H10FN7/c1-16-13-20-11-10(17-6-18-11)12(21-13)19-9-3-2-8(14)4-7(9)5-15/h2-4,6H,1H3,(H3,16,17,18,19,20,21). The van der Waals surface area contributed by atoms with Crippen molar-refractivity contribution in [3.8, 4) is 6.07 Å². The van der Waals surface area contributed by atoms with Gasteiger partial charge in [0.2, 0.25) is 5.95 Å². The summed E-state index contributed by atoms with van der Waals surface area (Å²) in [5, 5.41) is 14.9. The minimum Gasteiger partial charge on any atom is -0.357 e. The van der Waals surface area contributed by atoms with Gasteiger partial charge in [-0.25, -0.2) is 9.37 Å². The highest BCUT2D eigenvalue weighted by Gasteiger charge is 2.11. The van der Waals surface area contributed by atoms with Crippen LogP contribution in [0.3, 0.4) is 0 Å². The Morgan fingerprint density at radius 3 is 2.95 bits per heavy atom. The van der Waals surface area contributed by atoms with Gasteiger partial charge in [0.05, 0.1) is 17.6 Å². The van der Waals surface area contributed by atoms with E-state index >= 15 is 0 Å². The van der Waals surface area contributed by atoms with Crippen LogP contribution in [-0.4, -0.2) is 27.0 Å². The predicted octanol–water partition coefficient (Wildman–Crippen LogP) is 2.15. The molecular formula is C13H10FN7. The molecule has 0 unspecified atom stereocenters. The SMILES string of the molecule is CNc1nc(Nc2ccc(F)cc2C#N)c2[nH]cnc2n1.